The standard InChI is InChI=1S/C27H23ClN4O3/c1-4-24(34)32-14-20(18-7-5-6-8-21(18)32)31-27-29-13-17-11-16(9-10-19(17)30-27)25-15(2)22(33)12-23(35-3)26(25)28/h4-13,20,33H,1,14H2,2-3H3,(H,29,30,31). The van der Waals surface area contributed by atoms with E-state index in [0.29, 0.717) is 34.4 Å². The van der Waals surface area contributed by atoms with Gasteiger partial charge < -0.3 is 20.1 Å². The third-order valence-corrected chi connectivity index (χ3v) is 6.64. The van der Waals surface area contributed by atoms with Crippen LogP contribution in [0.25, 0.3) is 22.0 Å². The molecule has 3 aromatic carbocycles. The van der Waals surface area contributed by atoms with Crippen molar-refractivity contribution in [3.05, 3.63) is 83.5 Å². The summed E-state index contributed by atoms with van der Waals surface area (Å²) in [6.45, 7) is 5.88. The van der Waals surface area contributed by atoms with Gasteiger partial charge in [-0.25, -0.2) is 9.97 Å². The number of para-hydroxylation sites is 1. The van der Waals surface area contributed by atoms with Gasteiger partial charge >= 0.3 is 0 Å². The Balaban J connectivity index is 1.47. The summed E-state index contributed by atoms with van der Waals surface area (Å²) in [5, 5.41) is 14.9. The van der Waals surface area contributed by atoms with Gasteiger partial charge in [-0.15, -0.1) is 0 Å². The van der Waals surface area contributed by atoms with Crippen molar-refractivity contribution in [1.29, 1.82) is 0 Å². The van der Waals surface area contributed by atoms with E-state index >= 15 is 0 Å². The number of hydrogen-bond donors (Lipinski definition) is 2. The van der Waals surface area contributed by atoms with Crippen LogP contribution in [-0.2, 0) is 4.79 Å². The molecule has 0 saturated heterocycles. The highest BCUT2D eigenvalue weighted by Gasteiger charge is 2.31. The molecular weight excluding hydrogens is 464 g/mol. The molecule has 176 valence electrons. The number of phenols is 1. The highest BCUT2D eigenvalue weighted by molar-refractivity contribution is 6.35. The zero-order valence-electron chi connectivity index (χ0n) is 19.2. The molecule has 0 aliphatic carbocycles. The Bertz CT molecular complexity index is 1490. The fourth-order valence-electron chi connectivity index (χ4n) is 4.47. The molecule has 2 heterocycles. The van der Waals surface area contributed by atoms with Crippen LogP contribution in [0.5, 0.6) is 11.5 Å². The predicted octanol–water partition coefficient (Wildman–Crippen LogP) is 5.66. The molecule has 4 aromatic rings. The van der Waals surface area contributed by atoms with Gasteiger partial charge in [-0.1, -0.05) is 42.4 Å². The van der Waals surface area contributed by atoms with E-state index in [2.05, 4.69) is 21.9 Å². The molecule has 5 rings (SSSR count). The second kappa shape index (κ2) is 8.92. The van der Waals surface area contributed by atoms with Crippen LogP contribution in [0.15, 0.2) is 67.4 Å². The van der Waals surface area contributed by atoms with Crippen LogP contribution in [0, 0.1) is 6.92 Å². The Morgan fingerprint density at radius 3 is 2.86 bits per heavy atom. The molecular formula is C27H23ClN4O3. The SMILES string of the molecule is C=CC(=O)N1CC(Nc2ncc3cc(-c4c(C)c(O)cc(OC)c4Cl)ccc3n2)c2ccccc21. The maximum atomic E-state index is 12.3. The monoisotopic (exact) mass is 486 g/mol. The van der Waals surface area contributed by atoms with Crippen molar-refractivity contribution < 1.29 is 14.6 Å². The van der Waals surface area contributed by atoms with Crippen molar-refractivity contribution in [2.24, 2.45) is 0 Å². The van der Waals surface area contributed by atoms with E-state index in [0.717, 1.165) is 27.7 Å². The molecule has 1 atom stereocenters. The number of anilines is 2. The van der Waals surface area contributed by atoms with Crippen molar-refractivity contribution in [2.75, 3.05) is 23.9 Å². The van der Waals surface area contributed by atoms with Gasteiger partial charge in [0.05, 0.1) is 30.2 Å². The van der Waals surface area contributed by atoms with Crippen LogP contribution in [0.1, 0.15) is 17.2 Å². The minimum atomic E-state index is -0.147. The highest BCUT2D eigenvalue weighted by Crippen LogP contribution is 2.43. The van der Waals surface area contributed by atoms with Crippen LogP contribution in [-0.4, -0.2) is 34.6 Å². The minimum Gasteiger partial charge on any atom is -0.508 e. The molecule has 1 aromatic heterocycles. The van der Waals surface area contributed by atoms with Crippen molar-refractivity contribution in [3.8, 4) is 22.6 Å². The Hall–Kier alpha value is -4.10. The van der Waals surface area contributed by atoms with Gasteiger partial charge in [0.15, 0.2) is 0 Å². The van der Waals surface area contributed by atoms with Crippen molar-refractivity contribution in [1.82, 2.24) is 9.97 Å². The lowest BCUT2D eigenvalue weighted by molar-refractivity contribution is -0.114. The summed E-state index contributed by atoms with van der Waals surface area (Å²) in [5.74, 6) is 0.830. The van der Waals surface area contributed by atoms with Gasteiger partial charge in [-0.3, -0.25) is 4.79 Å². The van der Waals surface area contributed by atoms with Crippen LogP contribution in [0.4, 0.5) is 11.6 Å². The third kappa shape index (κ3) is 3.94. The van der Waals surface area contributed by atoms with Gasteiger partial charge in [0.2, 0.25) is 11.9 Å². The quantitative estimate of drug-likeness (QED) is 0.354. The molecule has 0 fully saturated rings. The largest absolute Gasteiger partial charge is 0.508 e. The first kappa shape index (κ1) is 22.7. The molecule has 8 heteroatoms. The van der Waals surface area contributed by atoms with E-state index < -0.39 is 0 Å². The average molecular weight is 487 g/mol. The number of benzene rings is 3. The number of aromatic nitrogens is 2. The topological polar surface area (TPSA) is 87.6 Å². The Labute approximate surface area is 207 Å². The second-order valence-electron chi connectivity index (χ2n) is 8.29. The molecule has 35 heavy (non-hydrogen) atoms. The van der Waals surface area contributed by atoms with E-state index in [1.54, 1.807) is 11.1 Å². The third-order valence-electron chi connectivity index (χ3n) is 6.26. The first-order valence-corrected chi connectivity index (χ1v) is 11.4. The molecule has 0 radical (unpaired) electrons. The van der Waals surface area contributed by atoms with Gasteiger partial charge in [-0.2, -0.15) is 0 Å². The first-order chi connectivity index (χ1) is 16.9. The number of carbonyl (C=O) groups excluding carboxylic acids is 1. The molecule has 2 N–H and O–H groups in total. The lowest BCUT2D eigenvalue weighted by Crippen LogP contribution is -2.29. The zero-order chi connectivity index (χ0) is 24.7. The Morgan fingerprint density at radius 1 is 1.29 bits per heavy atom. The number of nitrogens with one attached hydrogen (secondary N) is 1. The fraction of sp³-hybridized carbons (Fsp3) is 0.148. The number of rotatable bonds is 5. The van der Waals surface area contributed by atoms with Crippen molar-refractivity contribution in [3.63, 3.8) is 0 Å². The fourth-order valence-corrected chi connectivity index (χ4v) is 4.85. The minimum absolute atomic E-state index is 0.109. The molecule has 1 amide bonds. The normalized spacial score (nSPS) is 14.6. The van der Waals surface area contributed by atoms with E-state index in [4.69, 9.17) is 16.3 Å². The number of halogens is 1. The lowest BCUT2D eigenvalue weighted by atomic mass is 9.98. The highest BCUT2D eigenvalue weighted by atomic mass is 35.5. The molecule has 7 nitrogen and oxygen atoms in total. The number of methoxy groups -OCH3 is 1. The van der Waals surface area contributed by atoms with Gasteiger partial charge in [-0.05, 0) is 42.3 Å². The molecule has 0 saturated carbocycles. The summed E-state index contributed by atoms with van der Waals surface area (Å²) in [5.41, 5.74) is 4.79. The number of nitrogens with zero attached hydrogens (tertiary/aromatic N) is 3. The average Bonchev–Trinajstić information content (AvgIpc) is 3.24. The van der Waals surface area contributed by atoms with Gasteiger partial charge in [0.1, 0.15) is 11.5 Å². The molecule has 0 bridgehead atoms. The van der Waals surface area contributed by atoms with E-state index in [9.17, 15) is 9.90 Å². The second-order valence-corrected chi connectivity index (χ2v) is 8.67. The number of ether oxygens (including phenoxy) is 1. The number of fused-ring (bicyclic) bond motifs is 2. The summed E-state index contributed by atoms with van der Waals surface area (Å²) in [6.07, 6.45) is 3.06. The number of aromatic hydroxyl groups is 1. The Morgan fingerprint density at radius 2 is 2.09 bits per heavy atom. The maximum Gasteiger partial charge on any atom is 0.250 e. The summed E-state index contributed by atoms with van der Waals surface area (Å²) >= 11 is 6.57. The van der Waals surface area contributed by atoms with E-state index in [1.165, 1.54) is 19.3 Å². The van der Waals surface area contributed by atoms with Crippen LogP contribution in [0.3, 0.4) is 0 Å². The van der Waals surface area contributed by atoms with Crippen LogP contribution >= 0.6 is 11.6 Å². The Kier molecular flexibility index (Phi) is 5.78. The molecule has 1 aliphatic heterocycles. The van der Waals surface area contributed by atoms with Crippen LogP contribution < -0.4 is 15.0 Å². The summed E-state index contributed by atoms with van der Waals surface area (Å²) in [6, 6.07) is 14.9. The first-order valence-electron chi connectivity index (χ1n) is 11.0. The van der Waals surface area contributed by atoms with Crippen molar-refractivity contribution in [2.45, 2.75) is 13.0 Å². The predicted molar refractivity (Wildman–Crippen MR) is 138 cm³/mol. The van der Waals surface area contributed by atoms with Gasteiger partial charge in [0, 0.05) is 34.5 Å². The van der Waals surface area contributed by atoms with E-state index in [1.807, 2.05) is 49.4 Å². The number of carbonyl (C=O) groups is 1. The van der Waals surface area contributed by atoms with Crippen molar-refractivity contribution >= 4 is 40.0 Å². The molecule has 1 unspecified atom stereocenters. The molecule has 1 aliphatic rings. The van der Waals surface area contributed by atoms with Gasteiger partial charge in [0.25, 0.3) is 0 Å². The van der Waals surface area contributed by atoms with E-state index in [-0.39, 0.29) is 17.7 Å². The maximum absolute atomic E-state index is 12.3. The number of hydrogen-bond acceptors (Lipinski definition) is 6. The smallest absolute Gasteiger partial charge is 0.250 e. The van der Waals surface area contributed by atoms with Crippen LogP contribution in [0.2, 0.25) is 5.02 Å². The lowest BCUT2D eigenvalue weighted by Gasteiger charge is -2.16. The zero-order valence-corrected chi connectivity index (χ0v) is 20.0. The number of amides is 1. The summed E-state index contributed by atoms with van der Waals surface area (Å²) in [4.78, 5) is 23.2. The number of phenolic OH excluding ortho intramolecular Hbond substituents is 1. The molecule has 0 spiro atoms. The summed E-state index contributed by atoms with van der Waals surface area (Å²) < 4.78 is 5.31. The summed E-state index contributed by atoms with van der Waals surface area (Å²) in [7, 11) is 1.51.